The molecule has 1 aliphatic heterocycles. The largest absolute Gasteiger partial charge is 0.503 e. The number of fused-ring (bicyclic) bond motifs is 2. The highest BCUT2D eigenvalue weighted by molar-refractivity contribution is 6.18. The van der Waals surface area contributed by atoms with Crippen molar-refractivity contribution in [1.82, 2.24) is 15.0 Å². The van der Waals surface area contributed by atoms with E-state index in [1.807, 2.05) is 42.5 Å². The highest BCUT2D eigenvalue weighted by Crippen LogP contribution is 2.46. The number of aromatic amines is 1. The van der Waals surface area contributed by atoms with Gasteiger partial charge in [0, 0.05) is 23.2 Å². The summed E-state index contributed by atoms with van der Waals surface area (Å²) < 4.78 is 0. The Labute approximate surface area is 177 Å². The first-order valence-corrected chi connectivity index (χ1v) is 10.2. The maximum absolute atomic E-state index is 13.3. The molecule has 1 aliphatic carbocycles. The molecule has 0 bridgehead atoms. The van der Waals surface area contributed by atoms with Crippen LogP contribution >= 0.6 is 0 Å². The summed E-state index contributed by atoms with van der Waals surface area (Å²) in [6, 6.07) is 14.1. The normalized spacial score (nSPS) is 19.0. The lowest BCUT2D eigenvalue weighted by atomic mass is 9.92. The Morgan fingerprint density at radius 3 is 2.74 bits per heavy atom. The summed E-state index contributed by atoms with van der Waals surface area (Å²) in [5, 5.41) is 11.7. The zero-order valence-corrected chi connectivity index (χ0v) is 16.4. The zero-order valence-electron chi connectivity index (χ0n) is 16.4. The molecular weight excluding hydrogens is 392 g/mol. The SMILES string of the molecule is O=C(C1=C(O)C(=O)N(c2ccc3nc[nH]c3c2)C1c1ccnc2ccccc12)C1CC1. The molecule has 1 atom stereocenters. The second-order valence-corrected chi connectivity index (χ2v) is 8.00. The number of hydrogen-bond acceptors (Lipinski definition) is 5. The van der Waals surface area contributed by atoms with Crippen molar-refractivity contribution in [3.8, 4) is 0 Å². The van der Waals surface area contributed by atoms with E-state index >= 15 is 0 Å². The molecule has 2 aliphatic rings. The summed E-state index contributed by atoms with van der Waals surface area (Å²) >= 11 is 0. The van der Waals surface area contributed by atoms with Gasteiger partial charge >= 0.3 is 0 Å². The number of benzene rings is 2. The van der Waals surface area contributed by atoms with Crippen molar-refractivity contribution in [3.63, 3.8) is 0 Å². The Balaban J connectivity index is 1.59. The summed E-state index contributed by atoms with van der Waals surface area (Å²) in [6.07, 6.45) is 4.83. The van der Waals surface area contributed by atoms with Gasteiger partial charge in [0.2, 0.25) is 0 Å². The van der Waals surface area contributed by atoms with Crippen molar-refractivity contribution in [1.29, 1.82) is 0 Å². The van der Waals surface area contributed by atoms with Gasteiger partial charge in [0.1, 0.15) is 0 Å². The molecule has 6 rings (SSSR count). The first-order valence-electron chi connectivity index (χ1n) is 10.2. The van der Waals surface area contributed by atoms with E-state index in [1.54, 1.807) is 18.6 Å². The fraction of sp³-hybridized carbons (Fsp3) is 0.167. The van der Waals surface area contributed by atoms with Crippen molar-refractivity contribution in [2.75, 3.05) is 4.90 Å². The molecule has 7 heteroatoms. The van der Waals surface area contributed by atoms with E-state index in [2.05, 4.69) is 15.0 Å². The van der Waals surface area contributed by atoms with Gasteiger partial charge in [0.15, 0.2) is 11.5 Å². The number of pyridine rings is 1. The van der Waals surface area contributed by atoms with Gasteiger partial charge in [0.05, 0.1) is 34.5 Å². The summed E-state index contributed by atoms with van der Waals surface area (Å²) in [5.74, 6) is -1.32. The van der Waals surface area contributed by atoms with Crippen LogP contribution in [0.15, 0.2) is 72.4 Å². The Morgan fingerprint density at radius 1 is 1.06 bits per heavy atom. The van der Waals surface area contributed by atoms with Crippen LogP contribution in [0.3, 0.4) is 0 Å². The number of aliphatic hydroxyl groups is 1. The van der Waals surface area contributed by atoms with Crippen LogP contribution in [0.5, 0.6) is 0 Å². The molecule has 4 aromatic rings. The van der Waals surface area contributed by atoms with Crippen molar-refractivity contribution >= 4 is 39.3 Å². The van der Waals surface area contributed by atoms with Crippen LogP contribution in [0.4, 0.5) is 5.69 Å². The third-order valence-electron chi connectivity index (χ3n) is 6.08. The fourth-order valence-electron chi connectivity index (χ4n) is 4.41. The molecule has 3 heterocycles. The Hall–Kier alpha value is -4.00. The number of ketones is 1. The molecule has 152 valence electrons. The average molecular weight is 410 g/mol. The molecule has 2 aromatic carbocycles. The minimum atomic E-state index is -0.728. The monoisotopic (exact) mass is 410 g/mol. The van der Waals surface area contributed by atoms with E-state index in [-0.39, 0.29) is 17.3 Å². The fourth-order valence-corrected chi connectivity index (χ4v) is 4.41. The van der Waals surface area contributed by atoms with Crippen LogP contribution in [0.2, 0.25) is 0 Å². The number of hydrogen-bond donors (Lipinski definition) is 2. The quantitative estimate of drug-likeness (QED) is 0.530. The van der Waals surface area contributed by atoms with E-state index in [1.165, 1.54) is 4.90 Å². The number of para-hydroxylation sites is 1. The number of H-pyrrole nitrogens is 1. The number of nitrogens with zero attached hydrogens (tertiary/aromatic N) is 3. The van der Waals surface area contributed by atoms with Gasteiger partial charge in [0.25, 0.3) is 5.91 Å². The number of carbonyl (C=O) groups excluding carboxylic acids is 2. The summed E-state index contributed by atoms with van der Waals surface area (Å²) in [5.41, 5.74) is 3.82. The van der Waals surface area contributed by atoms with Gasteiger partial charge in [-0.2, -0.15) is 0 Å². The second kappa shape index (κ2) is 6.50. The summed E-state index contributed by atoms with van der Waals surface area (Å²) in [6.45, 7) is 0. The molecule has 31 heavy (non-hydrogen) atoms. The zero-order chi connectivity index (χ0) is 21.1. The van der Waals surface area contributed by atoms with Crippen LogP contribution in [-0.2, 0) is 9.59 Å². The lowest BCUT2D eigenvalue weighted by Gasteiger charge is -2.27. The molecule has 1 saturated carbocycles. The van der Waals surface area contributed by atoms with E-state index in [9.17, 15) is 14.7 Å². The highest BCUT2D eigenvalue weighted by atomic mass is 16.3. The van der Waals surface area contributed by atoms with Crippen molar-refractivity contribution < 1.29 is 14.7 Å². The van der Waals surface area contributed by atoms with Crippen molar-refractivity contribution in [3.05, 3.63) is 78.0 Å². The molecule has 2 aromatic heterocycles. The molecular formula is C24H18N4O3. The molecule has 1 fully saturated rings. The smallest absolute Gasteiger partial charge is 0.294 e. The maximum atomic E-state index is 13.3. The summed E-state index contributed by atoms with van der Waals surface area (Å²) in [7, 11) is 0. The number of amides is 1. The minimum Gasteiger partial charge on any atom is -0.503 e. The molecule has 7 nitrogen and oxygen atoms in total. The predicted molar refractivity (Wildman–Crippen MR) is 115 cm³/mol. The van der Waals surface area contributed by atoms with Crippen molar-refractivity contribution in [2.24, 2.45) is 5.92 Å². The topological polar surface area (TPSA) is 99.2 Å². The standard InChI is InChI=1S/C24H18N4O3/c29-22(13-5-6-13)20-21(16-9-10-25-17-4-2-1-3-15(16)17)28(24(31)23(20)30)14-7-8-18-19(11-14)27-12-26-18/h1-4,7-13,21,30H,5-6H2,(H,26,27). The lowest BCUT2D eigenvalue weighted by Crippen LogP contribution is -2.31. The number of anilines is 1. The van der Waals surface area contributed by atoms with Crippen LogP contribution in [0.1, 0.15) is 24.4 Å². The van der Waals surface area contributed by atoms with Crippen LogP contribution in [-0.4, -0.2) is 31.7 Å². The number of carbonyl (C=O) groups is 2. The highest BCUT2D eigenvalue weighted by Gasteiger charge is 2.48. The average Bonchev–Trinajstić information content (AvgIpc) is 3.49. The lowest BCUT2D eigenvalue weighted by molar-refractivity contribution is -0.118. The van der Waals surface area contributed by atoms with Gasteiger partial charge in [-0.05, 0) is 48.7 Å². The number of imidazole rings is 1. The number of aliphatic hydroxyl groups excluding tert-OH is 1. The van der Waals surface area contributed by atoms with E-state index in [4.69, 9.17) is 0 Å². The number of aromatic nitrogens is 3. The first kappa shape index (κ1) is 17.8. The van der Waals surface area contributed by atoms with Gasteiger partial charge in [-0.25, -0.2) is 4.98 Å². The van der Waals surface area contributed by atoms with Crippen LogP contribution in [0.25, 0.3) is 21.9 Å². The predicted octanol–water partition coefficient (Wildman–Crippen LogP) is 3.99. The molecule has 0 spiro atoms. The van der Waals surface area contributed by atoms with Crippen LogP contribution < -0.4 is 4.90 Å². The third kappa shape index (κ3) is 2.66. The number of rotatable bonds is 4. The van der Waals surface area contributed by atoms with Gasteiger partial charge in [-0.1, -0.05) is 18.2 Å². The molecule has 0 radical (unpaired) electrons. The van der Waals surface area contributed by atoms with E-state index in [0.29, 0.717) is 5.69 Å². The summed E-state index contributed by atoms with van der Waals surface area (Å²) in [4.78, 5) is 39.7. The van der Waals surface area contributed by atoms with E-state index < -0.39 is 17.7 Å². The van der Waals surface area contributed by atoms with Crippen LogP contribution in [0, 0.1) is 5.92 Å². The van der Waals surface area contributed by atoms with Gasteiger partial charge < -0.3 is 10.1 Å². The van der Waals surface area contributed by atoms with Gasteiger partial charge in [-0.3, -0.25) is 19.5 Å². The third-order valence-corrected chi connectivity index (χ3v) is 6.08. The van der Waals surface area contributed by atoms with Crippen molar-refractivity contribution in [2.45, 2.75) is 18.9 Å². The van der Waals surface area contributed by atoms with E-state index in [0.717, 1.165) is 40.3 Å². The molecule has 1 unspecified atom stereocenters. The maximum Gasteiger partial charge on any atom is 0.294 e. The Kier molecular flexibility index (Phi) is 3.74. The number of nitrogens with one attached hydrogen (secondary N) is 1. The molecule has 0 saturated heterocycles. The minimum absolute atomic E-state index is 0.129. The van der Waals surface area contributed by atoms with Gasteiger partial charge in [-0.15, -0.1) is 0 Å². The molecule has 1 amide bonds. The molecule has 2 N–H and O–H groups in total. The Morgan fingerprint density at radius 2 is 1.90 bits per heavy atom. The number of Topliss-reactive ketones (excluding diaryl/α,β-unsaturated/α-hetero) is 1. The first-order chi connectivity index (χ1) is 15.1. The Bertz CT molecular complexity index is 1410. The second-order valence-electron chi connectivity index (χ2n) is 8.00.